The number of imidazole rings is 1. The van der Waals surface area contributed by atoms with Crippen molar-refractivity contribution in [2.75, 3.05) is 32.6 Å². The van der Waals surface area contributed by atoms with Crippen LogP contribution in [-0.4, -0.2) is 75.6 Å². The number of aromatic nitrogens is 4. The lowest BCUT2D eigenvalue weighted by atomic mass is 10.1. The van der Waals surface area contributed by atoms with Crippen LogP contribution in [0.5, 0.6) is 5.75 Å². The number of hydrogen-bond donors (Lipinski definition) is 4. The second-order valence-corrected chi connectivity index (χ2v) is 12.2. The van der Waals surface area contributed by atoms with Crippen molar-refractivity contribution in [2.45, 2.75) is 23.8 Å². The molecule has 0 saturated carbocycles. The predicted octanol–water partition coefficient (Wildman–Crippen LogP) is 4.33. The van der Waals surface area contributed by atoms with E-state index >= 15 is 0 Å². The van der Waals surface area contributed by atoms with Gasteiger partial charge >= 0.3 is 0 Å². The zero-order chi connectivity index (χ0) is 30.3. The van der Waals surface area contributed by atoms with Gasteiger partial charge in [-0.1, -0.05) is 23.7 Å². The molecule has 1 atom stereocenters. The van der Waals surface area contributed by atoms with Gasteiger partial charge in [-0.2, -0.15) is 4.31 Å². The monoisotopic (exact) mass is 629 g/mol. The molecule has 0 bridgehead atoms. The second-order valence-electron chi connectivity index (χ2n) is 8.98. The van der Waals surface area contributed by atoms with Crippen LogP contribution in [0.2, 0.25) is 5.02 Å². The number of nitrogens with zero attached hydrogens (tertiary/aromatic N) is 5. The molecule has 1 saturated heterocycles. The lowest BCUT2D eigenvalue weighted by Crippen LogP contribution is -2.45. The maximum atomic E-state index is 13.2. The molecule has 0 amide bonds. The number of nitrogens with two attached hydrogens (primary N) is 1. The molecule has 1 aliphatic rings. The van der Waals surface area contributed by atoms with Crippen LogP contribution in [0.4, 0.5) is 5.95 Å². The van der Waals surface area contributed by atoms with E-state index in [1.165, 1.54) is 34.8 Å². The number of fused-ring (bicyclic) bond motifs is 1. The average molecular weight is 630 g/mol. The van der Waals surface area contributed by atoms with Crippen molar-refractivity contribution in [3.05, 3.63) is 77.4 Å². The highest BCUT2D eigenvalue weighted by Gasteiger charge is 2.30. The smallest absolute Gasteiger partial charge is 0.243 e. The predicted molar refractivity (Wildman–Crippen MR) is 166 cm³/mol. The van der Waals surface area contributed by atoms with Crippen LogP contribution < -0.4 is 11.1 Å². The Labute approximate surface area is 253 Å². The number of phenolic OH excluding ortho intramolecular Hbond substituents is 1. The fourth-order valence-corrected chi connectivity index (χ4v) is 7.03. The molecule has 2 aromatic carbocycles. The van der Waals surface area contributed by atoms with E-state index in [-0.39, 0.29) is 16.7 Å². The third-order valence-electron chi connectivity index (χ3n) is 6.45. The number of piperidine rings is 1. The number of thiazole rings is 1. The molecule has 0 unspecified atom stereocenters. The van der Waals surface area contributed by atoms with Gasteiger partial charge in [0, 0.05) is 54.6 Å². The van der Waals surface area contributed by atoms with Crippen LogP contribution in [0.3, 0.4) is 0 Å². The van der Waals surface area contributed by atoms with Crippen molar-refractivity contribution in [1.82, 2.24) is 23.7 Å². The lowest BCUT2D eigenvalue weighted by Gasteiger charge is -2.32. The average Bonchev–Trinajstić information content (AvgIpc) is 3.62. The van der Waals surface area contributed by atoms with Crippen LogP contribution in [0.1, 0.15) is 12.8 Å². The zero-order valence-corrected chi connectivity index (χ0v) is 25.4. The summed E-state index contributed by atoms with van der Waals surface area (Å²) in [6.45, 7) is 0.748. The Bertz CT molecular complexity index is 1730. The number of aliphatic hydroxyl groups is 1. The van der Waals surface area contributed by atoms with Gasteiger partial charge in [-0.25, -0.2) is 23.4 Å². The minimum atomic E-state index is -3.64. The molecule has 0 spiro atoms. The molecule has 222 valence electrons. The number of rotatable bonds is 6. The first-order valence-corrected chi connectivity index (χ1v) is 15.7. The summed E-state index contributed by atoms with van der Waals surface area (Å²) in [5.74, 6) is 0.565. The summed E-state index contributed by atoms with van der Waals surface area (Å²) in [6.07, 6.45) is 5.11. The highest BCUT2D eigenvalue weighted by atomic mass is 35.5. The first-order chi connectivity index (χ1) is 20.4. The Hall–Kier alpha value is -3.59. The number of aromatic hydroxyl groups is 1. The molecule has 0 aliphatic carbocycles. The first kappa shape index (κ1) is 31.3. The van der Waals surface area contributed by atoms with Crippen LogP contribution in [0.15, 0.2) is 77.3 Å². The lowest BCUT2D eigenvalue weighted by molar-refractivity contribution is 0.326. The summed E-state index contributed by atoms with van der Waals surface area (Å²) in [5, 5.41) is 22.8. The van der Waals surface area contributed by atoms with Gasteiger partial charge in [-0.15, -0.1) is 11.3 Å². The number of phenols is 1. The molecule has 3 aromatic heterocycles. The summed E-state index contributed by atoms with van der Waals surface area (Å²) in [7, 11) is -1.14. The number of anilines is 1. The Morgan fingerprint density at radius 2 is 1.86 bits per heavy atom. The standard InChI is InChI=1S/C26H23ClN6O3S2.CH5N.CH4O/c27-18-6-8-21(9-7-18)38(35,36)32-12-2-4-19(16-32)29-25-28-11-10-22(30-25)24-23(17-3-1-5-20(34)15-17)31-26-33(24)13-14-37-26;2*1-2/h1,3,5-11,13-15,19,34H,2,4,12,16H2,(H,28,29,30);2H2,1H3;2H,1H3/t19-;;/m0../s1. The minimum Gasteiger partial charge on any atom is -0.508 e. The SMILES string of the molecule is CN.CO.O=S(=O)(c1ccc(Cl)cc1)N1CCC[C@H](Nc2nccc(-c3c(-c4cccc(O)c4)nc4sccn34)n2)C1. The van der Waals surface area contributed by atoms with Crippen LogP contribution in [0, 0.1) is 0 Å². The van der Waals surface area contributed by atoms with E-state index in [4.69, 9.17) is 26.7 Å². The molecule has 1 aliphatic heterocycles. The summed E-state index contributed by atoms with van der Waals surface area (Å²) in [5.41, 5.74) is 7.43. The van der Waals surface area contributed by atoms with Gasteiger partial charge in [-0.05, 0) is 62.4 Å². The molecule has 0 radical (unpaired) electrons. The highest BCUT2D eigenvalue weighted by Crippen LogP contribution is 2.35. The Morgan fingerprint density at radius 3 is 2.60 bits per heavy atom. The van der Waals surface area contributed by atoms with Crippen molar-refractivity contribution >= 4 is 43.9 Å². The fraction of sp³-hybridized carbons (Fsp3) is 0.250. The second kappa shape index (κ2) is 14.1. The maximum absolute atomic E-state index is 13.2. The summed E-state index contributed by atoms with van der Waals surface area (Å²) < 4.78 is 29.9. The summed E-state index contributed by atoms with van der Waals surface area (Å²) >= 11 is 7.45. The third-order valence-corrected chi connectivity index (χ3v) is 9.34. The molecule has 5 aromatic rings. The molecule has 1 fully saturated rings. The van der Waals surface area contributed by atoms with E-state index in [2.05, 4.69) is 16.0 Å². The van der Waals surface area contributed by atoms with Crippen LogP contribution in [-0.2, 0) is 10.0 Å². The van der Waals surface area contributed by atoms with Gasteiger partial charge in [0.1, 0.15) is 11.4 Å². The van der Waals surface area contributed by atoms with Gasteiger partial charge in [0.15, 0.2) is 4.96 Å². The topological polar surface area (TPSA) is 159 Å². The van der Waals surface area contributed by atoms with Crippen molar-refractivity contribution in [2.24, 2.45) is 5.73 Å². The Morgan fingerprint density at radius 1 is 1.10 bits per heavy atom. The number of hydrogen-bond acceptors (Lipinski definition) is 10. The van der Waals surface area contributed by atoms with E-state index in [0.717, 1.165) is 29.7 Å². The number of halogens is 1. The number of benzene rings is 2. The van der Waals surface area contributed by atoms with Crippen molar-refractivity contribution < 1.29 is 18.6 Å². The third kappa shape index (κ3) is 6.72. The van der Waals surface area contributed by atoms with Gasteiger partial charge < -0.3 is 21.3 Å². The van der Waals surface area contributed by atoms with Crippen LogP contribution in [0.25, 0.3) is 27.6 Å². The fourth-order valence-electron chi connectivity index (χ4n) is 4.66. The molecule has 5 N–H and O–H groups in total. The normalized spacial score (nSPS) is 15.3. The zero-order valence-electron chi connectivity index (χ0n) is 23.1. The Kier molecular flexibility index (Phi) is 10.5. The maximum Gasteiger partial charge on any atom is 0.243 e. The molecular formula is C28H32ClN7O4S2. The summed E-state index contributed by atoms with van der Waals surface area (Å²) in [4.78, 5) is 15.0. The van der Waals surface area contributed by atoms with Crippen LogP contribution >= 0.6 is 22.9 Å². The van der Waals surface area contributed by atoms with E-state index in [1.54, 1.807) is 36.5 Å². The number of nitrogens with one attached hydrogen (secondary N) is 1. The van der Waals surface area contributed by atoms with E-state index in [9.17, 15) is 13.5 Å². The van der Waals surface area contributed by atoms with Gasteiger partial charge in [0.05, 0.1) is 16.3 Å². The molecule has 4 heterocycles. The van der Waals surface area contributed by atoms with E-state index < -0.39 is 10.0 Å². The molecule has 11 nitrogen and oxygen atoms in total. The quantitative estimate of drug-likeness (QED) is 0.214. The number of sulfonamides is 1. The van der Waals surface area contributed by atoms with Gasteiger partial charge in [0.25, 0.3) is 0 Å². The van der Waals surface area contributed by atoms with Crippen molar-refractivity contribution in [3.63, 3.8) is 0 Å². The highest BCUT2D eigenvalue weighted by molar-refractivity contribution is 7.89. The molecule has 6 rings (SSSR count). The van der Waals surface area contributed by atoms with E-state index in [1.807, 2.05) is 28.1 Å². The minimum absolute atomic E-state index is 0.154. The Balaban J connectivity index is 0.000000972. The van der Waals surface area contributed by atoms with Crippen molar-refractivity contribution in [1.29, 1.82) is 0 Å². The van der Waals surface area contributed by atoms with E-state index in [0.29, 0.717) is 41.9 Å². The summed E-state index contributed by atoms with van der Waals surface area (Å²) in [6, 6.07) is 14.9. The largest absolute Gasteiger partial charge is 0.508 e. The van der Waals surface area contributed by atoms with Gasteiger partial charge in [0.2, 0.25) is 16.0 Å². The van der Waals surface area contributed by atoms with Crippen molar-refractivity contribution in [3.8, 4) is 28.4 Å². The molecular weight excluding hydrogens is 598 g/mol. The number of aliphatic hydroxyl groups excluding tert-OH is 1. The van der Waals surface area contributed by atoms with Gasteiger partial charge in [-0.3, -0.25) is 4.40 Å². The first-order valence-electron chi connectivity index (χ1n) is 13.0. The molecule has 42 heavy (non-hydrogen) atoms. The molecule has 14 heteroatoms.